The van der Waals surface area contributed by atoms with E-state index in [0.717, 1.165) is 5.69 Å². The number of aryl methyl sites for hydroxylation is 1. The van der Waals surface area contributed by atoms with E-state index in [1.54, 1.807) is 0 Å². The van der Waals surface area contributed by atoms with E-state index >= 15 is 0 Å². The van der Waals surface area contributed by atoms with Gasteiger partial charge in [0, 0.05) is 26.0 Å². The SMILES string of the molecule is Cc1cc(/C=C\N(C)C)ccn1. The maximum atomic E-state index is 4.12. The molecule has 1 heterocycles. The molecule has 2 heteroatoms. The highest BCUT2D eigenvalue weighted by Crippen LogP contribution is 2.02. The standard InChI is InChI=1S/C10H14N2/c1-9-8-10(4-6-11-9)5-7-12(2)3/h4-8H,1-3H3/b7-5-. The van der Waals surface area contributed by atoms with Crippen LogP contribution in [0.1, 0.15) is 11.3 Å². The fourth-order valence-electron chi connectivity index (χ4n) is 0.906. The second-order valence-corrected chi connectivity index (χ2v) is 3.01. The highest BCUT2D eigenvalue weighted by atomic mass is 15.0. The number of hydrogen-bond acceptors (Lipinski definition) is 2. The molecule has 0 saturated heterocycles. The lowest BCUT2D eigenvalue weighted by Crippen LogP contribution is -1.99. The monoisotopic (exact) mass is 162 g/mol. The summed E-state index contributed by atoms with van der Waals surface area (Å²) < 4.78 is 0. The van der Waals surface area contributed by atoms with Crippen molar-refractivity contribution in [2.24, 2.45) is 0 Å². The van der Waals surface area contributed by atoms with Gasteiger partial charge in [0.25, 0.3) is 0 Å². The molecule has 0 aliphatic rings. The number of nitrogens with zero attached hydrogens (tertiary/aromatic N) is 2. The van der Waals surface area contributed by atoms with Crippen molar-refractivity contribution in [2.45, 2.75) is 6.92 Å². The Kier molecular flexibility index (Phi) is 2.86. The fraction of sp³-hybridized carbons (Fsp3) is 0.300. The largest absolute Gasteiger partial charge is 0.383 e. The van der Waals surface area contributed by atoms with Crippen LogP contribution in [-0.2, 0) is 0 Å². The Hall–Kier alpha value is -1.31. The molecule has 0 bridgehead atoms. The summed E-state index contributed by atoms with van der Waals surface area (Å²) >= 11 is 0. The Morgan fingerprint density at radius 2 is 2.17 bits per heavy atom. The van der Waals surface area contributed by atoms with E-state index in [4.69, 9.17) is 0 Å². The van der Waals surface area contributed by atoms with E-state index < -0.39 is 0 Å². The predicted octanol–water partition coefficient (Wildman–Crippen LogP) is 1.92. The van der Waals surface area contributed by atoms with Crippen LogP contribution in [0.5, 0.6) is 0 Å². The van der Waals surface area contributed by atoms with Crippen molar-refractivity contribution >= 4 is 6.08 Å². The third-order valence-electron chi connectivity index (χ3n) is 1.49. The topological polar surface area (TPSA) is 16.1 Å². The summed E-state index contributed by atoms with van der Waals surface area (Å²) in [6, 6.07) is 4.05. The van der Waals surface area contributed by atoms with Crippen LogP contribution in [0, 0.1) is 6.92 Å². The smallest absolute Gasteiger partial charge is 0.0378 e. The van der Waals surface area contributed by atoms with Crippen LogP contribution < -0.4 is 0 Å². The van der Waals surface area contributed by atoms with E-state index in [9.17, 15) is 0 Å². The van der Waals surface area contributed by atoms with Crippen molar-refractivity contribution in [3.8, 4) is 0 Å². The minimum atomic E-state index is 1.05. The first-order chi connectivity index (χ1) is 5.68. The fourth-order valence-corrected chi connectivity index (χ4v) is 0.906. The van der Waals surface area contributed by atoms with Gasteiger partial charge in [0.2, 0.25) is 0 Å². The second kappa shape index (κ2) is 3.90. The van der Waals surface area contributed by atoms with Crippen molar-refractivity contribution in [1.29, 1.82) is 0 Å². The Balaban J connectivity index is 2.76. The van der Waals surface area contributed by atoms with Gasteiger partial charge >= 0.3 is 0 Å². The van der Waals surface area contributed by atoms with Crippen LogP contribution in [0.3, 0.4) is 0 Å². The lowest BCUT2D eigenvalue weighted by molar-refractivity contribution is 0.567. The summed E-state index contributed by atoms with van der Waals surface area (Å²) in [6.45, 7) is 1.99. The van der Waals surface area contributed by atoms with Crippen LogP contribution in [0.15, 0.2) is 24.5 Å². The van der Waals surface area contributed by atoms with Gasteiger partial charge in [0.1, 0.15) is 0 Å². The number of rotatable bonds is 2. The molecule has 1 rings (SSSR count). The zero-order chi connectivity index (χ0) is 8.97. The summed E-state index contributed by atoms with van der Waals surface area (Å²) in [6.07, 6.45) is 5.91. The first-order valence-electron chi connectivity index (χ1n) is 3.96. The molecule has 0 aromatic carbocycles. The minimum Gasteiger partial charge on any atom is -0.383 e. The molecule has 12 heavy (non-hydrogen) atoms. The average Bonchev–Trinajstić information content (AvgIpc) is 2.01. The van der Waals surface area contributed by atoms with Gasteiger partial charge < -0.3 is 4.90 Å². The molecule has 2 nitrogen and oxygen atoms in total. The quantitative estimate of drug-likeness (QED) is 0.660. The highest BCUT2D eigenvalue weighted by molar-refractivity contribution is 5.48. The zero-order valence-electron chi connectivity index (χ0n) is 7.78. The molecule has 1 aromatic heterocycles. The summed E-state index contributed by atoms with van der Waals surface area (Å²) in [7, 11) is 4.01. The summed E-state index contributed by atoms with van der Waals surface area (Å²) in [5.74, 6) is 0. The molecular weight excluding hydrogens is 148 g/mol. The van der Waals surface area contributed by atoms with Gasteiger partial charge in [-0.25, -0.2) is 0 Å². The Morgan fingerprint density at radius 3 is 2.75 bits per heavy atom. The van der Waals surface area contributed by atoms with Crippen LogP contribution in [0.4, 0.5) is 0 Å². The van der Waals surface area contributed by atoms with Gasteiger partial charge in [0.05, 0.1) is 0 Å². The molecule has 0 fully saturated rings. The van der Waals surface area contributed by atoms with Crippen molar-refractivity contribution < 1.29 is 0 Å². The molecule has 64 valence electrons. The second-order valence-electron chi connectivity index (χ2n) is 3.01. The molecule has 0 spiro atoms. The first kappa shape index (κ1) is 8.78. The van der Waals surface area contributed by atoms with E-state index in [1.165, 1.54) is 5.56 Å². The molecule has 0 saturated carbocycles. The van der Waals surface area contributed by atoms with Gasteiger partial charge in [0.15, 0.2) is 0 Å². The van der Waals surface area contributed by atoms with Crippen molar-refractivity contribution in [3.05, 3.63) is 35.8 Å². The molecule has 0 amide bonds. The molecule has 0 unspecified atom stereocenters. The maximum absolute atomic E-state index is 4.12. The van der Waals surface area contributed by atoms with Crippen molar-refractivity contribution in [2.75, 3.05) is 14.1 Å². The lowest BCUT2D eigenvalue weighted by atomic mass is 10.2. The maximum Gasteiger partial charge on any atom is 0.0378 e. The van der Waals surface area contributed by atoms with E-state index in [0.29, 0.717) is 0 Å². The third kappa shape index (κ3) is 2.74. The Bertz CT molecular complexity index is 277. The Morgan fingerprint density at radius 1 is 1.42 bits per heavy atom. The van der Waals surface area contributed by atoms with Crippen LogP contribution >= 0.6 is 0 Å². The van der Waals surface area contributed by atoms with Crippen LogP contribution in [0.25, 0.3) is 6.08 Å². The molecule has 0 N–H and O–H groups in total. The van der Waals surface area contributed by atoms with Gasteiger partial charge in [-0.15, -0.1) is 0 Å². The van der Waals surface area contributed by atoms with Gasteiger partial charge in [-0.2, -0.15) is 0 Å². The van der Waals surface area contributed by atoms with E-state index in [1.807, 2.05) is 44.4 Å². The van der Waals surface area contributed by atoms with E-state index in [-0.39, 0.29) is 0 Å². The molecule has 0 aliphatic carbocycles. The number of aromatic nitrogens is 1. The van der Waals surface area contributed by atoms with Gasteiger partial charge in [-0.3, -0.25) is 4.98 Å². The Labute approximate surface area is 73.5 Å². The zero-order valence-corrected chi connectivity index (χ0v) is 7.78. The third-order valence-corrected chi connectivity index (χ3v) is 1.49. The number of pyridine rings is 1. The van der Waals surface area contributed by atoms with Crippen molar-refractivity contribution in [1.82, 2.24) is 9.88 Å². The normalized spacial score (nSPS) is 10.6. The van der Waals surface area contributed by atoms with Crippen molar-refractivity contribution in [3.63, 3.8) is 0 Å². The van der Waals surface area contributed by atoms with Crippen LogP contribution in [0.2, 0.25) is 0 Å². The van der Waals surface area contributed by atoms with Crippen LogP contribution in [-0.4, -0.2) is 24.0 Å². The van der Waals surface area contributed by atoms with Gasteiger partial charge in [-0.1, -0.05) is 0 Å². The molecule has 0 radical (unpaired) electrons. The lowest BCUT2D eigenvalue weighted by Gasteiger charge is -2.02. The average molecular weight is 162 g/mol. The molecular formula is C10H14N2. The van der Waals surface area contributed by atoms with E-state index in [2.05, 4.69) is 17.1 Å². The minimum absolute atomic E-state index is 1.05. The summed E-state index contributed by atoms with van der Waals surface area (Å²) in [4.78, 5) is 6.13. The predicted molar refractivity (Wildman–Crippen MR) is 51.7 cm³/mol. The molecule has 1 aromatic rings. The summed E-state index contributed by atoms with van der Waals surface area (Å²) in [5.41, 5.74) is 2.24. The first-order valence-corrected chi connectivity index (χ1v) is 3.96. The molecule has 0 aliphatic heterocycles. The van der Waals surface area contributed by atoms with Gasteiger partial charge in [-0.05, 0) is 36.9 Å². The summed E-state index contributed by atoms with van der Waals surface area (Å²) in [5, 5.41) is 0. The number of hydrogen-bond donors (Lipinski definition) is 0. The molecule has 0 atom stereocenters. The highest BCUT2D eigenvalue weighted by Gasteiger charge is 1.87.